The van der Waals surface area contributed by atoms with Crippen molar-refractivity contribution in [2.24, 2.45) is 5.10 Å². The number of unbranched alkanes of at least 4 members (excludes halogenated alkanes) is 3. The number of benzene rings is 3. The topological polar surface area (TPSA) is 43.3 Å². The van der Waals surface area contributed by atoms with Crippen LogP contribution in [0.5, 0.6) is 17.2 Å². The van der Waals surface area contributed by atoms with Gasteiger partial charge in [-0.1, -0.05) is 56.5 Å². The van der Waals surface area contributed by atoms with Crippen LogP contribution in [-0.2, 0) is 0 Å². The Labute approximate surface area is 202 Å². The van der Waals surface area contributed by atoms with Crippen LogP contribution in [-0.4, -0.2) is 24.4 Å². The molecule has 2 aliphatic rings. The van der Waals surface area contributed by atoms with E-state index in [1.54, 1.807) is 7.11 Å². The lowest BCUT2D eigenvalue weighted by Crippen LogP contribution is -2.33. The molecule has 0 radical (unpaired) electrons. The number of ether oxygens (including phenoxy) is 3. The first-order valence-electron chi connectivity index (χ1n) is 12.3. The van der Waals surface area contributed by atoms with Gasteiger partial charge >= 0.3 is 0 Å². The van der Waals surface area contributed by atoms with Gasteiger partial charge in [0.05, 0.1) is 25.5 Å². The zero-order valence-corrected chi connectivity index (χ0v) is 19.9. The third-order valence-corrected chi connectivity index (χ3v) is 6.54. The van der Waals surface area contributed by atoms with Crippen LogP contribution in [0.25, 0.3) is 0 Å². The fourth-order valence-electron chi connectivity index (χ4n) is 4.66. The van der Waals surface area contributed by atoms with Crippen molar-refractivity contribution < 1.29 is 14.2 Å². The summed E-state index contributed by atoms with van der Waals surface area (Å²) in [6.45, 7) is 2.98. The number of fused-ring (bicyclic) bond motifs is 3. The van der Waals surface area contributed by atoms with E-state index in [2.05, 4.69) is 54.4 Å². The number of hydrazone groups is 1. The van der Waals surface area contributed by atoms with E-state index in [1.165, 1.54) is 19.3 Å². The molecule has 2 heterocycles. The number of hydrogen-bond donors (Lipinski definition) is 0. The van der Waals surface area contributed by atoms with Crippen LogP contribution < -0.4 is 14.2 Å². The minimum absolute atomic E-state index is 0.0912. The molecule has 0 saturated heterocycles. The SMILES string of the molecule is CCCCCCOc1ccc([C@@H]2Oc3ccc(OC)cc3[C@H]3CC(c4ccccc4)=NN32)cc1. The molecular formula is C29H32N2O3. The molecule has 0 saturated carbocycles. The molecule has 0 unspecified atom stereocenters. The molecule has 34 heavy (non-hydrogen) atoms. The monoisotopic (exact) mass is 456 g/mol. The summed E-state index contributed by atoms with van der Waals surface area (Å²) in [4.78, 5) is 0. The van der Waals surface area contributed by atoms with Crippen molar-refractivity contribution >= 4 is 5.71 Å². The molecule has 3 aromatic carbocycles. The van der Waals surface area contributed by atoms with Crippen LogP contribution in [0.2, 0.25) is 0 Å². The van der Waals surface area contributed by atoms with Gasteiger partial charge in [0.25, 0.3) is 0 Å². The van der Waals surface area contributed by atoms with Crippen molar-refractivity contribution in [3.05, 3.63) is 89.5 Å². The van der Waals surface area contributed by atoms with Gasteiger partial charge in [-0.05, 0) is 54.4 Å². The molecule has 5 rings (SSSR count). The molecule has 0 amide bonds. The third kappa shape index (κ3) is 4.60. The average molecular weight is 457 g/mol. The number of rotatable bonds is 9. The van der Waals surface area contributed by atoms with E-state index in [4.69, 9.17) is 19.3 Å². The Morgan fingerprint density at radius 3 is 2.50 bits per heavy atom. The van der Waals surface area contributed by atoms with Crippen LogP contribution in [0.3, 0.4) is 0 Å². The van der Waals surface area contributed by atoms with E-state index in [0.717, 1.165) is 59.1 Å². The molecule has 0 aliphatic carbocycles. The van der Waals surface area contributed by atoms with Crippen LogP contribution in [0.15, 0.2) is 77.9 Å². The summed E-state index contributed by atoms with van der Waals surface area (Å²) in [5.41, 5.74) is 4.38. The Hall–Kier alpha value is -3.47. The third-order valence-electron chi connectivity index (χ3n) is 6.54. The molecule has 0 N–H and O–H groups in total. The molecule has 2 atom stereocenters. The van der Waals surface area contributed by atoms with Gasteiger partial charge in [0.1, 0.15) is 17.2 Å². The van der Waals surface area contributed by atoms with Gasteiger partial charge in [-0.15, -0.1) is 0 Å². The Morgan fingerprint density at radius 1 is 0.941 bits per heavy atom. The standard InChI is InChI=1S/C29H32N2O3/c1-3-4-5-9-18-33-23-14-12-22(13-15-23)29-31-27(20-26(30-31)21-10-7-6-8-11-21)25-19-24(32-2)16-17-28(25)34-29/h6-8,10-17,19,27,29H,3-5,9,18,20H2,1-2H3/t27-,29+/m1/s1. The smallest absolute Gasteiger partial charge is 0.213 e. The predicted molar refractivity (Wildman–Crippen MR) is 135 cm³/mol. The molecule has 0 fully saturated rings. The highest BCUT2D eigenvalue weighted by Crippen LogP contribution is 2.48. The maximum atomic E-state index is 6.50. The Balaban J connectivity index is 1.40. The summed E-state index contributed by atoms with van der Waals surface area (Å²) in [7, 11) is 1.69. The highest BCUT2D eigenvalue weighted by atomic mass is 16.5. The predicted octanol–water partition coefficient (Wildman–Crippen LogP) is 6.90. The lowest BCUT2D eigenvalue weighted by atomic mass is 9.95. The van der Waals surface area contributed by atoms with Crippen molar-refractivity contribution in [1.29, 1.82) is 0 Å². The van der Waals surface area contributed by atoms with Crippen molar-refractivity contribution in [3.8, 4) is 17.2 Å². The fourth-order valence-corrected chi connectivity index (χ4v) is 4.66. The van der Waals surface area contributed by atoms with Crippen molar-refractivity contribution in [3.63, 3.8) is 0 Å². The van der Waals surface area contributed by atoms with E-state index in [1.807, 2.05) is 30.3 Å². The first kappa shape index (κ1) is 22.3. The zero-order valence-electron chi connectivity index (χ0n) is 19.9. The minimum atomic E-state index is -0.300. The highest BCUT2D eigenvalue weighted by Gasteiger charge is 2.41. The van der Waals surface area contributed by atoms with Crippen molar-refractivity contribution in [2.45, 2.75) is 51.3 Å². The van der Waals surface area contributed by atoms with Crippen molar-refractivity contribution in [2.75, 3.05) is 13.7 Å². The Kier molecular flexibility index (Phi) is 6.70. The number of hydrogen-bond acceptors (Lipinski definition) is 5. The second-order valence-corrected chi connectivity index (χ2v) is 8.86. The van der Waals surface area contributed by atoms with Gasteiger partial charge in [0, 0.05) is 17.5 Å². The van der Waals surface area contributed by atoms with Crippen molar-refractivity contribution in [1.82, 2.24) is 5.01 Å². The maximum absolute atomic E-state index is 6.50. The van der Waals surface area contributed by atoms with E-state index in [-0.39, 0.29) is 12.3 Å². The average Bonchev–Trinajstić information content (AvgIpc) is 3.35. The lowest BCUT2D eigenvalue weighted by molar-refractivity contribution is -0.0191. The molecule has 5 nitrogen and oxygen atoms in total. The van der Waals surface area contributed by atoms with Gasteiger partial charge < -0.3 is 14.2 Å². The van der Waals surface area contributed by atoms with Gasteiger partial charge in [-0.3, -0.25) is 0 Å². The fraction of sp³-hybridized carbons (Fsp3) is 0.345. The summed E-state index contributed by atoms with van der Waals surface area (Å²) >= 11 is 0. The minimum Gasteiger partial charge on any atom is -0.497 e. The molecule has 3 aromatic rings. The van der Waals surface area contributed by atoms with Crippen LogP contribution in [0, 0.1) is 0 Å². The first-order valence-corrected chi connectivity index (χ1v) is 12.3. The van der Waals surface area contributed by atoms with E-state index in [0.29, 0.717) is 0 Å². The van der Waals surface area contributed by atoms with Crippen LogP contribution in [0.1, 0.15) is 68.0 Å². The Morgan fingerprint density at radius 2 is 1.74 bits per heavy atom. The highest BCUT2D eigenvalue weighted by molar-refractivity contribution is 6.01. The summed E-state index contributed by atoms with van der Waals surface area (Å²) in [6, 6.07) is 24.8. The van der Waals surface area contributed by atoms with E-state index in [9.17, 15) is 0 Å². The number of nitrogens with zero attached hydrogens (tertiary/aromatic N) is 2. The van der Waals surface area contributed by atoms with E-state index < -0.39 is 0 Å². The molecule has 0 spiro atoms. The summed E-state index contributed by atoms with van der Waals surface area (Å²) < 4.78 is 17.9. The molecule has 0 aromatic heterocycles. The van der Waals surface area contributed by atoms with Crippen LogP contribution in [0.4, 0.5) is 0 Å². The van der Waals surface area contributed by atoms with E-state index >= 15 is 0 Å². The van der Waals surface area contributed by atoms with Gasteiger partial charge in [0.2, 0.25) is 6.23 Å². The maximum Gasteiger partial charge on any atom is 0.213 e. The van der Waals surface area contributed by atoms with Gasteiger partial charge in [-0.2, -0.15) is 5.10 Å². The zero-order chi connectivity index (χ0) is 23.3. The molecule has 5 heteroatoms. The van der Waals surface area contributed by atoms with Gasteiger partial charge in [0.15, 0.2) is 0 Å². The molecule has 0 bridgehead atoms. The van der Waals surface area contributed by atoms with Crippen LogP contribution >= 0.6 is 0 Å². The second-order valence-electron chi connectivity index (χ2n) is 8.86. The largest absolute Gasteiger partial charge is 0.497 e. The summed E-state index contributed by atoms with van der Waals surface area (Å²) in [6.07, 6.45) is 5.32. The molecule has 176 valence electrons. The summed E-state index contributed by atoms with van der Waals surface area (Å²) in [5, 5.41) is 7.15. The summed E-state index contributed by atoms with van der Waals surface area (Å²) in [5.74, 6) is 2.61. The second kappa shape index (κ2) is 10.2. The molecular weight excluding hydrogens is 424 g/mol. The normalized spacial score (nSPS) is 18.5. The number of methoxy groups -OCH3 is 1. The first-order chi connectivity index (χ1) is 16.8. The Bertz CT molecular complexity index is 1130. The molecule has 2 aliphatic heterocycles. The quantitative estimate of drug-likeness (QED) is 0.329. The lowest BCUT2D eigenvalue weighted by Gasteiger charge is -2.38. The van der Waals surface area contributed by atoms with Gasteiger partial charge in [-0.25, -0.2) is 5.01 Å².